The number of rotatable bonds is 2. The molecule has 2 aromatic carbocycles. The normalized spacial score (nSPS) is 12.8. The molecule has 0 fully saturated rings. The van der Waals surface area contributed by atoms with E-state index in [0.717, 1.165) is 14.8 Å². The molecule has 0 N–H and O–H groups in total. The molecule has 0 saturated carbocycles. The highest BCUT2D eigenvalue weighted by Gasteiger charge is 2.18. The molecular weight excluding hydrogens is 360 g/mol. The molecular formula is C15H10BrClO2S. The Morgan fingerprint density at radius 3 is 2.55 bits per heavy atom. The zero-order valence-electron chi connectivity index (χ0n) is 10.5. The fourth-order valence-electron chi connectivity index (χ4n) is 2.08. The Balaban J connectivity index is 2.18. The summed E-state index contributed by atoms with van der Waals surface area (Å²) in [5.74, 6) is 0.656. The van der Waals surface area contributed by atoms with Crippen molar-refractivity contribution in [3.63, 3.8) is 0 Å². The number of aryl methyl sites for hydroxylation is 1. The zero-order valence-corrected chi connectivity index (χ0v) is 13.7. The van der Waals surface area contributed by atoms with Gasteiger partial charge in [0.05, 0.1) is 15.7 Å². The average Bonchev–Trinajstić information content (AvgIpc) is 2.74. The predicted molar refractivity (Wildman–Crippen MR) is 84.8 cm³/mol. The van der Waals surface area contributed by atoms with E-state index in [-0.39, 0.29) is 0 Å². The van der Waals surface area contributed by atoms with Crippen LogP contribution in [0.25, 0.3) is 11.0 Å². The maximum Gasteiger partial charge on any atom is 0.135 e. The Morgan fingerprint density at radius 2 is 1.85 bits per heavy atom. The molecule has 0 radical (unpaired) electrons. The summed E-state index contributed by atoms with van der Waals surface area (Å²) in [5, 5.41) is 1.41. The number of benzene rings is 2. The molecule has 2 nitrogen and oxygen atoms in total. The summed E-state index contributed by atoms with van der Waals surface area (Å²) in [6.45, 7) is 1.82. The third-order valence-electron chi connectivity index (χ3n) is 2.98. The summed E-state index contributed by atoms with van der Waals surface area (Å²) in [6, 6.07) is 12.8. The summed E-state index contributed by atoms with van der Waals surface area (Å²) in [6.07, 6.45) is 0. The second kappa shape index (κ2) is 5.35. The van der Waals surface area contributed by atoms with E-state index in [9.17, 15) is 4.21 Å². The van der Waals surface area contributed by atoms with E-state index in [2.05, 4.69) is 15.9 Å². The molecule has 0 aliphatic rings. The van der Waals surface area contributed by atoms with Crippen molar-refractivity contribution in [3.05, 3.63) is 57.7 Å². The molecule has 0 amide bonds. The lowest BCUT2D eigenvalue weighted by Gasteiger charge is -2.02. The third kappa shape index (κ3) is 2.43. The van der Waals surface area contributed by atoms with Gasteiger partial charge in [0, 0.05) is 19.8 Å². The number of furan rings is 1. The minimum absolute atomic E-state index is 0.604. The molecule has 0 saturated heterocycles. The molecule has 0 unspecified atom stereocenters. The summed E-state index contributed by atoms with van der Waals surface area (Å²) < 4.78 is 19.4. The molecule has 20 heavy (non-hydrogen) atoms. The lowest BCUT2D eigenvalue weighted by Crippen LogP contribution is -1.93. The standard InChI is InChI=1S/C15H10BrClO2S/c1-9-15(13-8-11(17)4-7-14(13)19-9)20(18)12-5-2-10(16)3-6-12/h2-8H,1H3/t20-/m1/s1. The molecule has 0 aliphatic carbocycles. The smallest absolute Gasteiger partial charge is 0.135 e. The van der Waals surface area contributed by atoms with Gasteiger partial charge in [-0.3, -0.25) is 0 Å². The van der Waals surface area contributed by atoms with E-state index in [1.54, 1.807) is 18.2 Å². The Hall–Kier alpha value is -1.10. The van der Waals surface area contributed by atoms with E-state index < -0.39 is 10.8 Å². The minimum Gasteiger partial charge on any atom is -0.460 e. The summed E-state index contributed by atoms with van der Waals surface area (Å²) in [4.78, 5) is 1.42. The fraction of sp³-hybridized carbons (Fsp3) is 0.0667. The maximum atomic E-state index is 12.8. The average molecular weight is 370 g/mol. The fourth-order valence-corrected chi connectivity index (χ4v) is 3.79. The molecule has 3 rings (SSSR count). The monoisotopic (exact) mass is 368 g/mol. The molecule has 1 aromatic heterocycles. The second-order valence-electron chi connectivity index (χ2n) is 4.35. The van der Waals surface area contributed by atoms with Gasteiger partial charge in [0.2, 0.25) is 0 Å². The van der Waals surface area contributed by atoms with Crippen molar-refractivity contribution < 1.29 is 8.63 Å². The van der Waals surface area contributed by atoms with Gasteiger partial charge in [0.25, 0.3) is 0 Å². The highest BCUT2D eigenvalue weighted by atomic mass is 79.9. The molecule has 3 aromatic rings. The molecule has 0 spiro atoms. The van der Waals surface area contributed by atoms with Crippen molar-refractivity contribution in [2.75, 3.05) is 0 Å². The molecule has 5 heteroatoms. The quantitative estimate of drug-likeness (QED) is 0.611. The van der Waals surface area contributed by atoms with Crippen molar-refractivity contribution in [2.24, 2.45) is 0 Å². The molecule has 1 heterocycles. The first-order chi connectivity index (χ1) is 9.56. The molecule has 0 aliphatic heterocycles. The lowest BCUT2D eigenvalue weighted by atomic mass is 10.2. The third-order valence-corrected chi connectivity index (χ3v) is 5.32. The summed E-state index contributed by atoms with van der Waals surface area (Å²) in [7, 11) is -1.29. The largest absolute Gasteiger partial charge is 0.460 e. The van der Waals surface area contributed by atoms with Gasteiger partial charge in [0.15, 0.2) is 0 Å². The van der Waals surface area contributed by atoms with Crippen LogP contribution in [0.4, 0.5) is 0 Å². The Bertz CT molecular complexity index is 809. The maximum absolute atomic E-state index is 12.8. The lowest BCUT2D eigenvalue weighted by molar-refractivity contribution is 0.566. The van der Waals surface area contributed by atoms with Gasteiger partial charge in [0.1, 0.15) is 11.3 Å². The van der Waals surface area contributed by atoms with Crippen LogP contribution < -0.4 is 0 Å². The van der Waals surface area contributed by atoms with Gasteiger partial charge in [-0.05, 0) is 49.4 Å². The number of hydrogen-bond donors (Lipinski definition) is 0. The number of fused-ring (bicyclic) bond motifs is 1. The van der Waals surface area contributed by atoms with Crippen LogP contribution in [0.15, 0.2) is 61.1 Å². The highest BCUT2D eigenvalue weighted by Crippen LogP contribution is 2.33. The van der Waals surface area contributed by atoms with Crippen LogP contribution in [0, 0.1) is 6.92 Å². The zero-order chi connectivity index (χ0) is 14.3. The number of halogens is 2. The number of hydrogen-bond acceptors (Lipinski definition) is 2. The predicted octanol–water partition coefficient (Wildman–Crippen LogP) is 5.32. The second-order valence-corrected chi connectivity index (χ2v) is 7.12. The van der Waals surface area contributed by atoms with E-state index in [1.165, 1.54) is 0 Å². The molecule has 102 valence electrons. The van der Waals surface area contributed by atoms with Crippen LogP contribution in [-0.2, 0) is 10.8 Å². The van der Waals surface area contributed by atoms with E-state index in [4.69, 9.17) is 16.0 Å². The van der Waals surface area contributed by atoms with E-state index in [1.807, 2.05) is 31.2 Å². The van der Waals surface area contributed by atoms with Gasteiger partial charge in [-0.15, -0.1) is 0 Å². The Morgan fingerprint density at radius 1 is 1.15 bits per heavy atom. The van der Waals surface area contributed by atoms with Gasteiger partial charge in [-0.1, -0.05) is 27.5 Å². The van der Waals surface area contributed by atoms with Crippen LogP contribution in [0.1, 0.15) is 5.76 Å². The van der Waals surface area contributed by atoms with Gasteiger partial charge in [-0.2, -0.15) is 0 Å². The van der Waals surface area contributed by atoms with Crippen LogP contribution >= 0.6 is 27.5 Å². The van der Waals surface area contributed by atoms with Crippen LogP contribution in [0.2, 0.25) is 5.02 Å². The van der Waals surface area contributed by atoms with E-state index >= 15 is 0 Å². The van der Waals surface area contributed by atoms with E-state index in [0.29, 0.717) is 21.3 Å². The van der Waals surface area contributed by atoms with Crippen molar-refractivity contribution >= 4 is 49.3 Å². The minimum atomic E-state index is -1.29. The summed E-state index contributed by atoms with van der Waals surface area (Å²) >= 11 is 9.40. The first kappa shape index (κ1) is 13.9. The highest BCUT2D eigenvalue weighted by molar-refractivity contribution is 9.10. The first-order valence-corrected chi connectivity index (χ1v) is 8.24. The van der Waals surface area contributed by atoms with Crippen molar-refractivity contribution in [2.45, 2.75) is 16.7 Å². The van der Waals surface area contributed by atoms with Crippen LogP contribution in [-0.4, -0.2) is 4.21 Å². The van der Waals surface area contributed by atoms with Gasteiger partial charge >= 0.3 is 0 Å². The summed E-state index contributed by atoms with van der Waals surface area (Å²) in [5.41, 5.74) is 0.701. The van der Waals surface area contributed by atoms with Crippen molar-refractivity contribution in [1.29, 1.82) is 0 Å². The van der Waals surface area contributed by atoms with Gasteiger partial charge < -0.3 is 4.42 Å². The molecule has 1 atom stereocenters. The topological polar surface area (TPSA) is 30.2 Å². The van der Waals surface area contributed by atoms with Crippen LogP contribution in [0.3, 0.4) is 0 Å². The Kier molecular flexibility index (Phi) is 3.71. The SMILES string of the molecule is Cc1oc2ccc(Cl)cc2c1[S@](=O)c1ccc(Br)cc1. The Labute approximate surface area is 132 Å². The van der Waals surface area contributed by atoms with Crippen LogP contribution in [0.5, 0.6) is 0 Å². The molecule has 0 bridgehead atoms. The first-order valence-electron chi connectivity index (χ1n) is 5.92. The van der Waals surface area contributed by atoms with Crippen molar-refractivity contribution in [3.8, 4) is 0 Å². The van der Waals surface area contributed by atoms with Gasteiger partial charge in [-0.25, -0.2) is 4.21 Å². The van der Waals surface area contributed by atoms with Crippen molar-refractivity contribution in [1.82, 2.24) is 0 Å².